The fourth-order valence-electron chi connectivity index (χ4n) is 8.86. The van der Waals surface area contributed by atoms with Crippen LogP contribution in [0.3, 0.4) is 0 Å². The summed E-state index contributed by atoms with van der Waals surface area (Å²) in [7, 11) is 0. The van der Waals surface area contributed by atoms with E-state index in [-0.39, 0.29) is 31.1 Å². The summed E-state index contributed by atoms with van der Waals surface area (Å²) in [6, 6.07) is 0. The summed E-state index contributed by atoms with van der Waals surface area (Å²) in [6.07, 6.45) is 68.9. The maximum absolute atomic E-state index is 12.8. The van der Waals surface area contributed by atoms with Crippen molar-refractivity contribution in [3.63, 3.8) is 0 Å². The van der Waals surface area contributed by atoms with Gasteiger partial charge in [-0.05, 0) is 57.8 Å². The first kappa shape index (κ1) is 65.6. The van der Waals surface area contributed by atoms with Gasteiger partial charge >= 0.3 is 17.9 Å². The van der Waals surface area contributed by atoms with Crippen LogP contribution in [0.25, 0.3) is 0 Å². The highest BCUT2D eigenvalue weighted by Gasteiger charge is 2.19. The van der Waals surface area contributed by atoms with Gasteiger partial charge in [0.2, 0.25) is 0 Å². The van der Waals surface area contributed by atoms with Crippen molar-refractivity contribution in [3.8, 4) is 0 Å². The largest absolute Gasteiger partial charge is 0.462 e. The molecule has 0 saturated carbocycles. The first-order valence-corrected chi connectivity index (χ1v) is 30.0. The maximum atomic E-state index is 12.8. The van der Waals surface area contributed by atoms with Gasteiger partial charge in [-0.1, -0.05) is 282 Å². The molecule has 0 bridgehead atoms. The minimum Gasteiger partial charge on any atom is -0.462 e. The summed E-state index contributed by atoms with van der Waals surface area (Å²) < 4.78 is 16.8. The van der Waals surface area contributed by atoms with Crippen molar-refractivity contribution in [2.45, 2.75) is 329 Å². The predicted molar refractivity (Wildman–Crippen MR) is 293 cm³/mol. The summed E-state index contributed by atoms with van der Waals surface area (Å²) in [4.78, 5) is 37.9. The second-order valence-corrected chi connectivity index (χ2v) is 20.3. The zero-order valence-corrected chi connectivity index (χ0v) is 45.6. The molecule has 0 aromatic carbocycles. The number of carbonyl (C=O) groups is 3. The highest BCUT2D eigenvalue weighted by molar-refractivity contribution is 5.71. The van der Waals surface area contributed by atoms with Crippen LogP contribution in [0.4, 0.5) is 0 Å². The molecule has 0 aliphatic carbocycles. The summed E-state index contributed by atoms with van der Waals surface area (Å²) in [6.45, 7) is 6.62. The van der Waals surface area contributed by atoms with Crippen LogP contribution in [0.5, 0.6) is 0 Å². The Morgan fingerprint density at radius 3 is 0.824 bits per heavy atom. The van der Waals surface area contributed by atoms with Gasteiger partial charge in [0.15, 0.2) is 6.10 Å². The molecule has 398 valence electrons. The predicted octanol–water partition coefficient (Wildman–Crippen LogP) is 20.0. The molecule has 0 aromatic rings. The third-order valence-electron chi connectivity index (χ3n) is 13.4. The van der Waals surface area contributed by atoms with Crippen molar-refractivity contribution >= 4 is 17.9 Å². The van der Waals surface area contributed by atoms with E-state index in [9.17, 15) is 14.4 Å². The maximum Gasteiger partial charge on any atom is 0.306 e. The van der Waals surface area contributed by atoms with Crippen molar-refractivity contribution in [1.82, 2.24) is 0 Å². The lowest BCUT2D eigenvalue weighted by atomic mass is 10.0. The van der Waals surface area contributed by atoms with Crippen LogP contribution in [0, 0.1) is 0 Å². The lowest BCUT2D eigenvalue weighted by Crippen LogP contribution is -2.30. The van der Waals surface area contributed by atoms with E-state index in [0.29, 0.717) is 19.3 Å². The van der Waals surface area contributed by atoms with E-state index in [1.165, 1.54) is 212 Å². The number of hydrogen-bond acceptors (Lipinski definition) is 6. The Balaban J connectivity index is 4.04. The molecule has 0 amide bonds. The number of hydrogen-bond donors (Lipinski definition) is 0. The molecule has 68 heavy (non-hydrogen) atoms. The molecule has 0 saturated heterocycles. The van der Waals surface area contributed by atoms with Crippen LogP contribution in [-0.2, 0) is 28.6 Å². The third-order valence-corrected chi connectivity index (χ3v) is 13.4. The second-order valence-electron chi connectivity index (χ2n) is 20.3. The Labute approximate surface area is 423 Å². The smallest absolute Gasteiger partial charge is 0.306 e. The summed E-state index contributed by atoms with van der Waals surface area (Å²) >= 11 is 0. The van der Waals surface area contributed by atoms with Crippen LogP contribution in [-0.4, -0.2) is 37.2 Å². The lowest BCUT2D eigenvalue weighted by molar-refractivity contribution is -0.167. The van der Waals surface area contributed by atoms with Gasteiger partial charge in [-0.15, -0.1) is 0 Å². The summed E-state index contributed by atoms with van der Waals surface area (Å²) in [5.74, 6) is -0.857. The number of rotatable bonds is 55. The third kappa shape index (κ3) is 54.6. The SMILES string of the molecule is CCCCCCC/C=C\C/C=C\C/C=C\CCCCCCCCCCCCCCCCC(=O)OCC(COC(=O)CCCCCCCCC)OC(=O)CCCCCCCCCCCCCCCC. The van der Waals surface area contributed by atoms with Crippen LogP contribution < -0.4 is 0 Å². The molecular weight excluding hydrogens is 841 g/mol. The normalized spacial score (nSPS) is 12.2. The molecule has 0 radical (unpaired) electrons. The van der Waals surface area contributed by atoms with Gasteiger partial charge in [0.05, 0.1) is 0 Å². The van der Waals surface area contributed by atoms with Gasteiger partial charge in [0.25, 0.3) is 0 Å². The van der Waals surface area contributed by atoms with Crippen molar-refractivity contribution in [2.24, 2.45) is 0 Å². The first-order valence-electron chi connectivity index (χ1n) is 30.0. The van der Waals surface area contributed by atoms with E-state index in [1.54, 1.807) is 0 Å². The molecule has 0 fully saturated rings. The van der Waals surface area contributed by atoms with Gasteiger partial charge in [-0.25, -0.2) is 0 Å². The van der Waals surface area contributed by atoms with E-state index in [2.05, 4.69) is 57.2 Å². The van der Waals surface area contributed by atoms with Gasteiger partial charge in [0.1, 0.15) is 13.2 Å². The van der Waals surface area contributed by atoms with Gasteiger partial charge in [-0.3, -0.25) is 14.4 Å². The molecule has 0 aromatic heterocycles. The summed E-state index contributed by atoms with van der Waals surface area (Å²) in [5.41, 5.74) is 0. The molecular formula is C62H114O6. The molecule has 0 heterocycles. The van der Waals surface area contributed by atoms with Crippen molar-refractivity contribution in [1.29, 1.82) is 0 Å². The number of esters is 3. The molecule has 1 atom stereocenters. The van der Waals surface area contributed by atoms with E-state index < -0.39 is 6.10 Å². The average molecular weight is 956 g/mol. The second kappa shape index (κ2) is 57.2. The van der Waals surface area contributed by atoms with Crippen LogP contribution in [0.15, 0.2) is 36.5 Å². The van der Waals surface area contributed by atoms with E-state index >= 15 is 0 Å². The average Bonchev–Trinajstić information content (AvgIpc) is 3.34. The van der Waals surface area contributed by atoms with Crippen molar-refractivity contribution in [2.75, 3.05) is 13.2 Å². The molecule has 0 N–H and O–H groups in total. The zero-order chi connectivity index (χ0) is 49.3. The minimum absolute atomic E-state index is 0.0675. The van der Waals surface area contributed by atoms with Crippen LogP contribution in [0.1, 0.15) is 323 Å². The topological polar surface area (TPSA) is 78.9 Å². The Morgan fingerprint density at radius 1 is 0.294 bits per heavy atom. The van der Waals surface area contributed by atoms with Gasteiger partial charge in [0, 0.05) is 19.3 Å². The van der Waals surface area contributed by atoms with E-state index in [4.69, 9.17) is 14.2 Å². The Morgan fingerprint density at radius 2 is 0.529 bits per heavy atom. The fourth-order valence-corrected chi connectivity index (χ4v) is 8.86. The van der Waals surface area contributed by atoms with E-state index in [1.807, 2.05) is 0 Å². The molecule has 0 rings (SSSR count). The van der Waals surface area contributed by atoms with E-state index in [0.717, 1.165) is 70.6 Å². The Hall–Kier alpha value is -2.37. The molecule has 0 aliphatic rings. The zero-order valence-electron chi connectivity index (χ0n) is 45.6. The number of carbonyl (C=O) groups excluding carboxylic acids is 3. The molecule has 0 aliphatic heterocycles. The van der Waals surface area contributed by atoms with Gasteiger partial charge in [-0.2, -0.15) is 0 Å². The highest BCUT2D eigenvalue weighted by Crippen LogP contribution is 2.17. The number of ether oxygens (including phenoxy) is 3. The standard InChI is InChI=1S/C62H114O6/c1-4-7-10-13-16-18-20-22-24-25-26-27-28-29-30-31-32-33-34-35-36-37-38-40-41-43-46-49-52-55-61(64)67-58-59(57-66-60(63)54-51-48-45-15-12-9-6-3)68-62(65)56-53-50-47-44-42-39-23-21-19-17-14-11-8-5-2/h20,22,25-26,28-29,59H,4-19,21,23-24,27,30-58H2,1-3H3/b22-20-,26-25-,29-28-. The highest BCUT2D eigenvalue weighted by atomic mass is 16.6. The molecule has 6 nitrogen and oxygen atoms in total. The minimum atomic E-state index is -0.765. The van der Waals surface area contributed by atoms with Crippen molar-refractivity contribution < 1.29 is 28.6 Å². The molecule has 0 spiro atoms. The van der Waals surface area contributed by atoms with Crippen molar-refractivity contribution in [3.05, 3.63) is 36.5 Å². The number of unbranched alkanes of at least 4 members (excludes halogenated alkanes) is 38. The monoisotopic (exact) mass is 955 g/mol. The lowest BCUT2D eigenvalue weighted by Gasteiger charge is -2.18. The van der Waals surface area contributed by atoms with Crippen LogP contribution in [0.2, 0.25) is 0 Å². The Bertz CT molecular complexity index is 1140. The van der Waals surface area contributed by atoms with Crippen LogP contribution >= 0.6 is 0 Å². The molecule has 1 unspecified atom stereocenters. The fraction of sp³-hybridized carbons (Fsp3) is 0.855. The van der Waals surface area contributed by atoms with Gasteiger partial charge < -0.3 is 14.2 Å². The quantitative estimate of drug-likeness (QED) is 0.0262. The summed E-state index contributed by atoms with van der Waals surface area (Å²) in [5, 5.41) is 0. The first-order chi connectivity index (χ1) is 33.5. The molecule has 6 heteroatoms. The Kier molecular flexibility index (Phi) is 55.2. The number of allylic oxidation sites excluding steroid dienone is 6.